The molecule has 4 rings (SSSR count). The molecule has 0 spiro atoms. The number of aromatic nitrogens is 1. The highest BCUT2D eigenvalue weighted by molar-refractivity contribution is 7.29. The standard InChI is InChI=1S/C19H20N4O4S3/c1-23(2)19-22-16-11(30-19)7-12(29-16)18(26)27-8-13(24)21-17-14(15(20)25)9-5-3-4-6-10(9)28-17/h7H,3-6,8H2,1-2H3,(H2,20,25)(H,21,24). The first-order chi connectivity index (χ1) is 14.3. The molecule has 0 atom stereocenters. The number of hydrogen-bond donors (Lipinski definition) is 2. The minimum atomic E-state index is -0.577. The van der Waals surface area contributed by atoms with Gasteiger partial charge in [0.1, 0.15) is 14.7 Å². The number of nitrogens with two attached hydrogens (primary N) is 1. The Morgan fingerprint density at radius 2 is 1.97 bits per heavy atom. The molecule has 1 aliphatic carbocycles. The van der Waals surface area contributed by atoms with Crippen molar-refractivity contribution < 1.29 is 19.1 Å². The summed E-state index contributed by atoms with van der Waals surface area (Å²) in [5.41, 5.74) is 6.86. The van der Waals surface area contributed by atoms with E-state index in [1.165, 1.54) is 34.0 Å². The fourth-order valence-electron chi connectivity index (χ4n) is 3.30. The third kappa shape index (κ3) is 4.05. The van der Waals surface area contributed by atoms with Crippen LogP contribution in [0, 0.1) is 0 Å². The van der Waals surface area contributed by atoms with E-state index in [9.17, 15) is 14.4 Å². The second-order valence-corrected chi connectivity index (χ2v) is 10.2. The third-order valence-electron chi connectivity index (χ3n) is 4.67. The van der Waals surface area contributed by atoms with E-state index >= 15 is 0 Å². The Kier molecular flexibility index (Phi) is 5.76. The fourth-order valence-corrected chi connectivity index (χ4v) is 6.63. The molecular formula is C19H20N4O4S3. The lowest BCUT2D eigenvalue weighted by Gasteiger charge is -2.11. The SMILES string of the molecule is CN(C)c1nc2sc(C(=O)OCC(=O)Nc3sc4c(c3C(N)=O)CCCC4)cc2s1. The molecule has 0 aromatic carbocycles. The second kappa shape index (κ2) is 8.32. The predicted molar refractivity (Wildman–Crippen MR) is 120 cm³/mol. The Morgan fingerprint density at radius 1 is 1.20 bits per heavy atom. The first-order valence-corrected chi connectivity index (χ1v) is 11.8. The Labute approximate surface area is 184 Å². The summed E-state index contributed by atoms with van der Waals surface area (Å²) in [7, 11) is 3.81. The number of thiazole rings is 1. The molecule has 0 saturated heterocycles. The Morgan fingerprint density at radius 3 is 2.67 bits per heavy atom. The zero-order chi connectivity index (χ0) is 21.4. The van der Waals surface area contributed by atoms with Crippen LogP contribution < -0.4 is 16.0 Å². The van der Waals surface area contributed by atoms with Gasteiger partial charge in [0.2, 0.25) is 0 Å². The van der Waals surface area contributed by atoms with Gasteiger partial charge in [-0.25, -0.2) is 9.78 Å². The summed E-state index contributed by atoms with van der Waals surface area (Å²) in [6.45, 7) is -0.443. The lowest BCUT2D eigenvalue weighted by Crippen LogP contribution is -2.22. The van der Waals surface area contributed by atoms with Gasteiger partial charge in [-0.2, -0.15) is 0 Å². The second-order valence-electron chi connectivity index (χ2n) is 7.07. The van der Waals surface area contributed by atoms with Crippen LogP contribution in [-0.4, -0.2) is 43.5 Å². The fraction of sp³-hybridized carbons (Fsp3) is 0.368. The molecule has 0 aliphatic heterocycles. The number of hydrogen-bond acceptors (Lipinski definition) is 9. The smallest absolute Gasteiger partial charge is 0.348 e. The van der Waals surface area contributed by atoms with Crippen LogP contribution in [0.3, 0.4) is 0 Å². The number of rotatable bonds is 6. The van der Waals surface area contributed by atoms with E-state index in [-0.39, 0.29) is 0 Å². The van der Waals surface area contributed by atoms with Crippen molar-refractivity contribution in [2.45, 2.75) is 25.7 Å². The molecule has 30 heavy (non-hydrogen) atoms. The zero-order valence-corrected chi connectivity index (χ0v) is 18.9. The molecule has 3 aromatic heterocycles. The molecule has 1 aliphatic rings. The normalized spacial score (nSPS) is 13.1. The van der Waals surface area contributed by atoms with E-state index in [1.54, 1.807) is 6.07 Å². The van der Waals surface area contributed by atoms with Crippen molar-refractivity contribution in [1.82, 2.24) is 4.98 Å². The molecular weight excluding hydrogens is 444 g/mol. The number of anilines is 2. The summed E-state index contributed by atoms with van der Waals surface area (Å²) in [5, 5.41) is 3.98. The number of esters is 1. The summed E-state index contributed by atoms with van der Waals surface area (Å²) < 4.78 is 6.05. The number of carbonyl (C=O) groups is 3. The van der Waals surface area contributed by atoms with Crippen LogP contribution in [0.5, 0.6) is 0 Å². The van der Waals surface area contributed by atoms with Crippen molar-refractivity contribution in [3.63, 3.8) is 0 Å². The first kappa shape index (κ1) is 20.8. The molecule has 8 nitrogen and oxygen atoms in total. The van der Waals surface area contributed by atoms with Gasteiger partial charge in [0, 0.05) is 19.0 Å². The summed E-state index contributed by atoms with van der Waals surface area (Å²) in [4.78, 5) is 45.2. The van der Waals surface area contributed by atoms with E-state index in [0.717, 1.165) is 50.8 Å². The highest BCUT2D eigenvalue weighted by Gasteiger charge is 2.25. The number of amides is 2. The van der Waals surface area contributed by atoms with Crippen LogP contribution in [0.25, 0.3) is 9.53 Å². The van der Waals surface area contributed by atoms with E-state index in [1.807, 2.05) is 19.0 Å². The Balaban J connectivity index is 1.40. The number of fused-ring (bicyclic) bond motifs is 2. The summed E-state index contributed by atoms with van der Waals surface area (Å²) in [5.74, 6) is -1.63. The maximum absolute atomic E-state index is 12.3. The largest absolute Gasteiger partial charge is 0.451 e. The average molecular weight is 465 g/mol. The summed E-state index contributed by atoms with van der Waals surface area (Å²) in [6.07, 6.45) is 3.72. The third-order valence-corrected chi connectivity index (χ3v) is 8.18. The van der Waals surface area contributed by atoms with Crippen LogP contribution >= 0.6 is 34.0 Å². The topological polar surface area (TPSA) is 115 Å². The van der Waals surface area contributed by atoms with Crippen LogP contribution in [0.2, 0.25) is 0 Å². The summed E-state index contributed by atoms with van der Waals surface area (Å²) in [6, 6.07) is 1.73. The highest BCUT2D eigenvalue weighted by atomic mass is 32.1. The molecule has 3 aromatic rings. The maximum atomic E-state index is 12.3. The molecule has 0 fully saturated rings. The number of carbonyl (C=O) groups excluding carboxylic acids is 3. The predicted octanol–water partition coefficient (Wildman–Crippen LogP) is 3.26. The number of aryl methyl sites for hydroxylation is 1. The van der Waals surface area contributed by atoms with Gasteiger partial charge in [0.05, 0.1) is 10.3 Å². The lowest BCUT2D eigenvalue weighted by atomic mass is 9.95. The van der Waals surface area contributed by atoms with E-state index in [0.29, 0.717) is 15.4 Å². The molecule has 3 N–H and O–H groups in total. The number of ether oxygens (including phenoxy) is 1. The van der Waals surface area contributed by atoms with Crippen molar-refractivity contribution in [3.8, 4) is 0 Å². The van der Waals surface area contributed by atoms with Gasteiger partial charge < -0.3 is 20.7 Å². The van der Waals surface area contributed by atoms with Gasteiger partial charge in [0.25, 0.3) is 11.8 Å². The average Bonchev–Trinajstić information content (AvgIpc) is 3.36. The minimum Gasteiger partial charge on any atom is -0.451 e. The maximum Gasteiger partial charge on any atom is 0.348 e. The van der Waals surface area contributed by atoms with Crippen molar-refractivity contribution in [1.29, 1.82) is 0 Å². The molecule has 0 unspecified atom stereocenters. The van der Waals surface area contributed by atoms with Crippen molar-refractivity contribution >= 4 is 71.5 Å². The van der Waals surface area contributed by atoms with Crippen molar-refractivity contribution in [2.24, 2.45) is 5.73 Å². The van der Waals surface area contributed by atoms with Crippen molar-refractivity contribution in [3.05, 3.63) is 26.9 Å². The molecule has 158 valence electrons. The van der Waals surface area contributed by atoms with Gasteiger partial charge >= 0.3 is 5.97 Å². The monoisotopic (exact) mass is 464 g/mol. The van der Waals surface area contributed by atoms with E-state index in [4.69, 9.17) is 10.5 Å². The quantitative estimate of drug-likeness (QED) is 0.541. The van der Waals surface area contributed by atoms with Gasteiger partial charge in [0.15, 0.2) is 11.7 Å². The molecule has 0 radical (unpaired) electrons. The highest BCUT2D eigenvalue weighted by Crippen LogP contribution is 2.38. The Hall–Kier alpha value is -2.50. The number of thiophene rings is 2. The zero-order valence-electron chi connectivity index (χ0n) is 16.4. The van der Waals surface area contributed by atoms with Gasteiger partial charge in [-0.1, -0.05) is 11.3 Å². The van der Waals surface area contributed by atoms with E-state index in [2.05, 4.69) is 10.3 Å². The van der Waals surface area contributed by atoms with Gasteiger partial charge in [-0.05, 0) is 37.3 Å². The summed E-state index contributed by atoms with van der Waals surface area (Å²) >= 11 is 4.09. The lowest BCUT2D eigenvalue weighted by molar-refractivity contribution is -0.119. The molecule has 2 amide bonds. The van der Waals surface area contributed by atoms with Crippen molar-refractivity contribution in [2.75, 3.05) is 30.9 Å². The van der Waals surface area contributed by atoms with Crippen LogP contribution in [-0.2, 0) is 22.4 Å². The number of primary amides is 1. The number of nitrogens with zero attached hydrogens (tertiary/aromatic N) is 2. The van der Waals surface area contributed by atoms with Crippen LogP contribution in [0.1, 0.15) is 43.3 Å². The molecule has 0 bridgehead atoms. The van der Waals surface area contributed by atoms with Gasteiger partial charge in [-0.3, -0.25) is 9.59 Å². The minimum absolute atomic E-state index is 0.385. The van der Waals surface area contributed by atoms with E-state index < -0.39 is 24.4 Å². The first-order valence-electron chi connectivity index (χ1n) is 9.32. The molecule has 11 heteroatoms. The van der Waals surface area contributed by atoms with Gasteiger partial charge in [-0.15, -0.1) is 22.7 Å². The van der Waals surface area contributed by atoms with Crippen LogP contribution in [0.15, 0.2) is 6.07 Å². The Bertz CT molecular complexity index is 1110. The molecule has 0 saturated carbocycles. The number of nitrogens with one attached hydrogen (secondary N) is 1. The molecule has 3 heterocycles. The van der Waals surface area contributed by atoms with Crippen LogP contribution in [0.4, 0.5) is 10.1 Å².